The molecule has 7 heteroatoms. The summed E-state index contributed by atoms with van der Waals surface area (Å²) in [7, 11) is 0. The van der Waals surface area contributed by atoms with Crippen LogP contribution in [0.2, 0.25) is 0 Å². The van der Waals surface area contributed by atoms with E-state index in [1.807, 2.05) is 6.92 Å². The fourth-order valence-corrected chi connectivity index (χ4v) is 2.52. The van der Waals surface area contributed by atoms with Crippen LogP contribution in [0.4, 0.5) is 11.4 Å². The van der Waals surface area contributed by atoms with Gasteiger partial charge in [0.1, 0.15) is 0 Å². The van der Waals surface area contributed by atoms with E-state index in [9.17, 15) is 14.4 Å². The molecule has 1 aromatic heterocycles. The Bertz CT molecular complexity index is 835. The molecule has 1 aromatic carbocycles. The highest BCUT2D eigenvalue weighted by Crippen LogP contribution is 2.39. The number of amides is 2. The van der Waals surface area contributed by atoms with Gasteiger partial charge in [0.15, 0.2) is 0 Å². The van der Waals surface area contributed by atoms with Crippen molar-refractivity contribution in [3.05, 3.63) is 53.9 Å². The number of carbonyl (C=O) groups excluding carboxylic acids is 2. The number of nitrogens with one attached hydrogen (secondary N) is 2. The number of carboxylic acid groups (broad SMARTS) is 1. The Balaban J connectivity index is 1.69. The predicted molar refractivity (Wildman–Crippen MR) is 91.2 cm³/mol. The van der Waals surface area contributed by atoms with Crippen LogP contribution in [0, 0.1) is 18.8 Å². The molecule has 1 aliphatic carbocycles. The van der Waals surface area contributed by atoms with E-state index in [1.165, 1.54) is 12.4 Å². The van der Waals surface area contributed by atoms with E-state index < -0.39 is 17.8 Å². The molecule has 2 aromatic rings. The van der Waals surface area contributed by atoms with Gasteiger partial charge in [-0.05, 0) is 43.2 Å². The standard InChI is InChI=1S/C18H17N3O4/c1-10-2-3-12(20-17(23)13-9-14(13)18(24)25)8-15(10)21-16(22)11-4-6-19-7-5-11/h2-8,13-14H,9H2,1H3,(H,20,23)(H,21,22)(H,24,25). The van der Waals surface area contributed by atoms with E-state index in [-0.39, 0.29) is 11.8 Å². The Hall–Kier alpha value is -3.22. The summed E-state index contributed by atoms with van der Waals surface area (Å²) in [5, 5.41) is 14.4. The average Bonchev–Trinajstić information content (AvgIpc) is 3.40. The van der Waals surface area contributed by atoms with Crippen molar-refractivity contribution in [2.45, 2.75) is 13.3 Å². The van der Waals surface area contributed by atoms with Gasteiger partial charge in [-0.25, -0.2) is 0 Å². The molecule has 1 aliphatic rings. The van der Waals surface area contributed by atoms with Gasteiger partial charge in [-0.15, -0.1) is 0 Å². The molecule has 3 rings (SSSR count). The lowest BCUT2D eigenvalue weighted by Crippen LogP contribution is -2.17. The third-order valence-electron chi connectivity index (χ3n) is 4.14. The molecule has 0 spiro atoms. The molecule has 1 heterocycles. The van der Waals surface area contributed by atoms with E-state index >= 15 is 0 Å². The predicted octanol–water partition coefficient (Wildman–Crippen LogP) is 2.30. The van der Waals surface area contributed by atoms with E-state index in [2.05, 4.69) is 15.6 Å². The summed E-state index contributed by atoms with van der Waals surface area (Å²) in [6.07, 6.45) is 3.43. The Morgan fingerprint density at radius 3 is 2.44 bits per heavy atom. The van der Waals surface area contributed by atoms with Gasteiger partial charge in [-0.1, -0.05) is 6.07 Å². The topological polar surface area (TPSA) is 108 Å². The summed E-state index contributed by atoms with van der Waals surface area (Å²) in [4.78, 5) is 39.0. The Morgan fingerprint density at radius 2 is 1.80 bits per heavy atom. The number of anilines is 2. The first-order valence-corrected chi connectivity index (χ1v) is 7.81. The molecule has 0 aliphatic heterocycles. The molecule has 7 nitrogen and oxygen atoms in total. The number of hydrogen-bond donors (Lipinski definition) is 3. The van der Waals surface area contributed by atoms with Crippen molar-refractivity contribution in [2.75, 3.05) is 10.6 Å². The van der Waals surface area contributed by atoms with Crippen LogP contribution >= 0.6 is 0 Å². The molecule has 25 heavy (non-hydrogen) atoms. The molecule has 0 bridgehead atoms. The SMILES string of the molecule is Cc1ccc(NC(=O)C2CC2C(=O)O)cc1NC(=O)c1ccncc1. The Labute approximate surface area is 144 Å². The van der Waals surface area contributed by atoms with Crippen LogP contribution in [0.25, 0.3) is 0 Å². The molecule has 1 fully saturated rings. The number of carboxylic acids is 1. The molecular formula is C18H17N3O4. The summed E-state index contributed by atoms with van der Waals surface area (Å²) >= 11 is 0. The molecule has 2 unspecified atom stereocenters. The van der Waals surface area contributed by atoms with Crippen LogP contribution in [-0.2, 0) is 9.59 Å². The van der Waals surface area contributed by atoms with Gasteiger partial charge < -0.3 is 15.7 Å². The average molecular weight is 339 g/mol. The quantitative estimate of drug-likeness (QED) is 0.774. The van der Waals surface area contributed by atoms with Gasteiger partial charge in [-0.3, -0.25) is 19.4 Å². The van der Waals surface area contributed by atoms with Crippen LogP contribution in [0.5, 0.6) is 0 Å². The second-order valence-corrected chi connectivity index (χ2v) is 6.00. The number of hydrogen-bond acceptors (Lipinski definition) is 4. The van der Waals surface area contributed by atoms with Crippen molar-refractivity contribution in [3.63, 3.8) is 0 Å². The van der Waals surface area contributed by atoms with Crippen LogP contribution in [0.1, 0.15) is 22.3 Å². The lowest BCUT2D eigenvalue weighted by molar-refractivity contribution is -0.139. The van der Waals surface area contributed by atoms with E-state index in [1.54, 1.807) is 30.3 Å². The zero-order chi connectivity index (χ0) is 18.0. The Kier molecular flexibility index (Phi) is 4.47. The van der Waals surface area contributed by atoms with E-state index in [0.29, 0.717) is 23.4 Å². The van der Waals surface area contributed by atoms with Crippen molar-refractivity contribution in [1.82, 2.24) is 4.98 Å². The number of aromatic nitrogens is 1. The largest absolute Gasteiger partial charge is 0.481 e. The lowest BCUT2D eigenvalue weighted by atomic mass is 10.1. The van der Waals surface area contributed by atoms with Crippen LogP contribution in [0.3, 0.4) is 0 Å². The van der Waals surface area contributed by atoms with Crippen LogP contribution in [-0.4, -0.2) is 27.9 Å². The zero-order valence-electron chi connectivity index (χ0n) is 13.5. The van der Waals surface area contributed by atoms with Crippen LogP contribution < -0.4 is 10.6 Å². The maximum absolute atomic E-state index is 12.2. The van der Waals surface area contributed by atoms with Crippen molar-refractivity contribution in [1.29, 1.82) is 0 Å². The van der Waals surface area contributed by atoms with E-state index in [4.69, 9.17) is 5.11 Å². The highest BCUT2D eigenvalue weighted by molar-refractivity contribution is 6.05. The van der Waals surface area contributed by atoms with Gasteiger partial charge in [0, 0.05) is 29.3 Å². The maximum Gasteiger partial charge on any atom is 0.307 e. The van der Waals surface area contributed by atoms with Gasteiger partial charge in [0.25, 0.3) is 5.91 Å². The molecule has 2 amide bonds. The normalized spacial score (nSPS) is 18.3. The molecule has 128 valence electrons. The van der Waals surface area contributed by atoms with Crippen molar-refractivity contribution in [2.24, 2.45) is 11.8 Å². The number of benzene rings is 1. The molecule has 1 saturated carbocycles. The van der Waals surface area contributed by atoms with Gasteiger partial charge in [0.05, 0.1) is 11.8 Å². The number of pyridine rings is 1. The zero-order valence-corrected chi connectivity index (χ0v) is 13.5. The summed E-state index contributed by atoms with van der Waals surface area (Å²) in [5.41, 5.74) is 2.41. The first kappa shape index (κ1) is 16.6. The minimum Gasteiger partial charge on any atom is -0.481 e. The van der Waals surface area contributed by atoms with Crippen LogP contribution in [0.15, 0.2) is 42.7 Å². The smallest absolute Gasteiger partial charge is 0.307 e. The highest BCUT2D eigenvalue weighted by atomic mass is 16.4. The summed E-state index contributed by atoms with van der Waals surface area (Å²) in [6, 6.07) is 8.36. The summed E-state index contributed by atoms with van der Waals surface area (Å²) in [5.74, 6) is -2.64. The second kappa shape index (κ2) is 6.72. The minimum absolute atomic E-state index is 0.276. The number of nitrogens with zero attached hydrogens (tertiary/aromatic N) is 1. The Morgan fingerprint density at radius 1 is 1.08 bits per heavy atom. The van der Waals surface area contributed by atoms with Gasteiger partial charge in [-0.2, -0.15) is 0 Å². The molecule has 0 radical (unpaired) electrons. The monoisotopic (exact) mass is 339 g/mol. The molecule has 0 saturated heterocycles. The fourth-order valence-electron chi connectivity index (χ4n) is 2.52. The third-order valence-corrected chi connectivity index (χ3v) is 4.14. The molecule has 2 atom stereocenters. The number of aryl methyl sites for hydroxylation is 1. The van der Waals surface area contributed by atoms with Gasteiger partial charge in [0.2, 0.25) is 5.91 Å². The third kappa shape index (κ3) is 3.82. The molecule has 3 N–H and O–H groups in total. The lowest BCUT2D eigenvalue weighted by Gasteiger charge is -2.11. The summed E-state index contributed by atoms with van der Waals surface area (Å²) < 4.78 is 0. The number of rotatable bonds is 5. The minimum atomic E-state index is -0.950. The van der Waals surface area contributed by atoms with Crippen molar-refractivity contribution < 1.29 is 19.5 Å². The maximum atomic E-state index is 12.2. The highest BCUT2D eigenvalue weighted by Gasteiger charge is 2.48. The number of carbonyl (C=O) groups is 3. The van der Waals surface area contributed by atoms with Crippen molar-refractivity contribution >= 4 is 29.2 Å². The fraction of sp³-hybridized carbons (Fsp3) is 0.222. The van der Waals surface area contributed by atoms with Gasteiger partial charge >= 0.3 is 5.97 Å². The number of aliphatic carboxylic acids is 1. The second-order valence-electron chi connectivity index (χ2n) is 6.00. The van der Waals surface area contributed by atoms with E-state index in [0.717, 1.165) is 5.56 Å². The summed E-state index contributed by atoms with van der Waals surface area (Å²) in [6.45, 7) is 1.84. The molecular weight excluding hydrogens is 322 g/mol. The van der Waals surface area contributed by atoms with Crippen molar-refractivity contribution in [3.8, 4) is 0 Å². The first-order chi connectivity index (χ1) is 12.0. The first-order valence-electron chi connectivity index (χ1n) is 7.81.